The molecule has 2 aliphatic rings. The van der Waals surface area contributed by atoms with Gasteiger partial charge in [0.25, 0.3) is 0 Å². The molecule has 2 saturated heterocycles. The quantitative estimate of drug-likeness (QED) is 0.679. The Morgan fingerprint density at radius 3 is 2.24 bits per heavy atom. The lowest BCUT2D eigenvalue weighted by Crippen LogP contribution is -2.56. The number of carbonyl (C=O) groups is 2. The fourth-order valence-corrected chi connectivity index (χ4v) is 4.52. The summed E-state index contributed by atoms with van der Waals surface area (Å²) in [6, 6.07) is 3.28. The molecule has 0 N–H and O–H groups in total. The number of halogens is 2. The SMILES string of the molecule is COC(=O)[C@@H](c1c(F)cccc1Cl)N1CCN([C@H](C)C(=O)N2CCCCC2)CC1. The first-order chi connectivity index (χ1) is 13.9. The standard InChI is InChI=1S/C21H29ClFN3O3/c1-15(20(27)26-9-4-3-5-10-26)24-11-13-25(14-12-24)19(21(28)29-2)18-16(22)7-6-8-17(18)23/h6-8,15,19H,3-5,9-14H2,1-2H3/t15-,19-/m1/s1. The molecule has 2 aliphatic heterocycles. The zero-order valence-corrected chi connectivity index (χ0v) is 17.8. The number of likely N-dealkylation sites (tertiary alicyclic amines) is 1. The molecule has 2 fully saturated rings. The average molecular weight is 426 g/mol. The van der Waals surface area contributed by atoms with Gasteiger partial charge in [-0.3, -0.25) is 14.6 Å². The topological polar surface area (TPSA) is 53.1 Å². The molecule has 1 aromatic carbocycles. The monoisotopic (exact) mass is 425 g/mol. The van der Waals surface area contributed by atoms with E-state index in [4.69, 9.17) is 16.3 Å². The van der Waals surface area contributed by atoms with Crippen molar-refractivity contribution in [2.75, 3.05) is 46.4 Å². The number of rotatable bonds is 5. The van der Waals surface area contributed by atoms with Gasteiger partial charge in [-0.2, -0.15) is 0 Å². The van der Waals surface area contributed by atoms with Gasteiger partial charge in [0.05, 0.1) is 13.2 Å². The number of benzene rings is 1. The van der Waals surface area contributed by atoms with Crippen LogP contribution >= 0.6 is 11.6 Å². The third kappa shape index (κ3) is 4.90. The number of carbonyl (C=O) groups excluding carboxylic acids is 2. The van der Waals surface area contributed by atoms with Gasteiger partial charge in [-0.15, -0.1) is 0 Å². The highest BCUT2D eigenvalue weighted by atomic mass is 35.5. The summed E-state index contributed by atoms with van der Waals surface area (Å²) in [6.45, 7) is 5.86. The normalized spacial score (nSPS) is 20.9. The summed E-state index contributed by atoms with van der Waals surface area (Å²) in [5.74, 6) is -0.897. The minimum atomic E-state index is -0.899. The molecule has 3 rings (SSSR count). The number of esters is 1. The summed E-state index contributed by atoms with van der Waals surface area (Å²) < 4.78 is 19.4. The summed E-state index contributed by atoms with van der Waals surface area (Å²) in [5.41, 5.74) is 0.145. The first kappa shape index (κ1) is 22.0. The van der Waals surface area contributed by atoms with E-state index >= 15 is 0 Å². The van der Waals surface area contributed by atoms with Crippen LogP contribution in [0.25, 0.3) is 0 Å². The Hall–Kier alpha value is -1.70. The van der Waals surface area contributed by atoms with E-state index in [9.17, 15) is 14.0 Å². The number of piperidine rings is 1. The molecule has 2 atom stereocenters. The second-order valence-electron chi connectivity index (χ2n) is 7.69. The van der Waals surface area contributed by atoms with Crippen LogP contribution in [-0.4, -0.2) is 79.0 Å². The van der Waals surface area contributed by atoms with Crippen molar-refractivity contribution in [1.82, 2.24) is 14.7 Å². The summed E-state index contributed by atoms with van der Waals surface area (Å²) >= 11 is 6.22. The zero-order valence-electron chi connectivity index (χ0n) is 17.1. The van der Waals surface area contributed by atoms with Crippen molar-refractivity contribution in [2.24, 2.45) is 0 Å². The first-order valence-corrected chi connectivity index (χ1v) is 10.6. The molecule has 29 heavy (non-hydrogen) atoms. The Morgan fingerprint density at radius 1 is 1.03 bits per heavy atom. The van der Waals surface area contributed by atoms with Gasteiger partial charge in [0.15, 0.2) is 0 Å². The van der Waals surface area contributed by atoms with Crippen molar-refractivity contribution in [3.8, 4) is 0 Å². The van der Waals surface area contributed by atoms with Gasteiger partial charge >= 0.3 is 5.97 Å². The number of methoxy groups -OCH3 is 1. The minimum absolute atomic E-state index is 0.145. The highest BCUT2D eigenvalue weighted by Crippen LogP contribution is 2.32. The van der Waals surface area contributed by atoms with E-state index in [1.54, 1.807) is 6.07 Å². The van der Waals surface area contributed by atoms with Crippen molar-refractivity contribution < 1.29 is 18.7 Å². The molecule has 6 nitrogen and oxygen atoms in total. The minimum Gasteiger partial charge on any atom is -0.468 e. The third-order valence-corrected chi connectivity index (χ3v) is 6.31. The summed E-state index contributed by atoms with van der Waals surface area (Å²) in [4.78, 5) is 31.3. The highest BCUT2D eigenvalue weighted by molar-refractivity contribution is 6.31. The molecular formula is C21H29ClFN3O3. The van der Waals surface area contributed by atoms with E-state index in [1.165, 1.54) is 25.7 Å². The van der Waals surface area contributed by atoms with Gasteiger partial charge in [-0.25, -0.2) is 9.18 Å². The fourth-order valence-electron chi connectivity index (χ4n) is 4.25. The molecule has 0 aliphatic carbocycles. The molecule has 0 unspecified atom stereocenters. The highest BCUT2D eigenvalue weighted by Gasteiger charge is 2.36. The predicted molar refractivity (Wildman–Crippen MR) is 109 cm³/mol. The average Bonchev–Trinajstić information content (AvgIpc) is 2.75. The largest absolute Gasteiger partial charge is 0.468 e. The molecule has 0 spiro atoms. The van der Waals surface area contributed by atoms with Crippen molar-refractivity contribution in [3.05, 3.63) is 34.6 Å². The Morgan fingerprint density at radius 2 is 1.66 bits per heavy atom. The number of piperazine rings is 1. The van der Waals surface area contributed by atoms with Crippen molar-refractivity contribution >= 4 is 23.5 Å². The van der Waals surface area contributed by atoms with Crippen LogP contribution in [0.1, 0.15) is 37.8 Å². The fraction of sp³-hybridized carbons (Fsp3) is 0.619. The van der Waals surface area contributed by atoms with E-state index < -0.39 is 17.8 Å². The number of hydrogen-bond acceptors (Lipinski definition) is 5. The molecule has 0 radical (unpaired) electrons. The molecular weight excluding hydrogens is 397 g/mol. The van der Waals surface area contributed by atoms with Crippen molar-refractivity contribution in [3.63, 3.8) is 0 Å². The molecule has 0 aromatic heterocycles. The van der Waals surface area contributed by atoms with Crippen LogP contribution < -0.4 is 0 Å². The maximum Gasteiger partial charge on any atom is 0.327 e. The van der Waals surface area contributed by atoms with Gasteiger partial charge in [-0.1, -0.05) is 17.7 Å². The number of hydrogen-bond donors (Lipinski definition) is 0. The van der Waals surface area contributed by atoms with E-state index in [1.807, 2.05) is 16.7 Å². The van der Waals surface area contributed by atoms with Gasteiger partial charge in [0.1, 0.15) is 11.9 Å². The van der Waals surface area contributed by atoms with Gasteiger partial charge < -0.3 is 9.64 Å². The lowest BCUT2D eigenvalue weighted by molar-refractivity contribution is -0.149. The molecule has 1 aromatic rings. The smallest absolute Gasteiger partial charge is 0.327 e. The summed E-state index contributed by atoms with van der Waals surface area (Å²) in [7, 11) is 1.29. The van der Waals surface area contributed by atoms with Crippen LogP contribution in [0.5, 0.6) is 0 Å². The Bertz CT molecular complexity index is 714. The van der Waals surface area contributed by atoms with Crippen molar-refractivity contribution in [2.45, 2.75) is 38.3 Å². The second-order valence-corrected chi connectivity index (χ2v) is 8.10. The van der Waals surface area contributed by atoms with Crippen LogP contribution in [0.15, 0.2) is 18.2 Å². The molecule has 160 valence electrons. The lowest BCUT2D eigenvalue weighted by atomic mass is 10.0. The summed E-state index contributed by atoms with van der Waals surface area (Å²) in [5, 5.41) is 0.205. The van der Waals surface area contributed by atoms with E-state index in [0.717, 1.165) is 25.9 Å². The van der Waals surface area contributed by atoms with E-state index in [0.29, 0.717) is 26.2 Å². The maximum absolute atomic E-state index is 14.5. The van der Waals surface area contributed by atoms with E-state index in [-0.39, 0.29) is 22.5 Å². The van der Waals surface area contributed by atoms with Gasteiger partial charge in [-0.05, 0) is 38.3 Å². The Kier molecular flexibility index (Phi) is 7.49. The molecule has 0 saturated carbocycles. The van der Waals surface area contributed by atoms with Crippen LogP contribution in [0.2, 0.25) is 5.02 Å². The molecule has 2 heterocycles. The number of amides is 1. The second kappa shape index (κ2) is 9.87. The third-order valence-electron chi connectivity index (χ3n) is 5.98. The number of ether oxygens (including phenoxy) is 1. The van der Waals surface area contributed by atoms with Crippen LogP contribution in [-0.2, 0) is 14.3 Å². The van der Waals surface area contributed by atoms with Gasteiger partial charge in [0.2, 0.25) is 5.91 Å². The van der Waals surface area contributed by atoms with Gasteiger partial charge in [0, 0.05) is 49.9 Å². The Labute approximate surface area is 176 Å². The number of nitrogens with zero attached hydrogens (tertiary/aromatic N) is 3. The predicted octanol–water partition coefficient (Wildman–Crippen LogP) is 2.71. The Balaban J connectivity index is 1.68. The van der Waals surface area contributed by atoms with Crippen molar-refractivity contribution in [1.29, 1.82) is 0 Å². The first-order valence-electron chi connectivity index (χ1n) is 10.2. The zero-order chi connectivity index (χ0) is 21.0. The van der Waals surface area contributed by atoms with E-state index in [2.05, 4.69) is 4.90 Å². The van der Waals surface area contributed by atoms with Crippen LogP contribution in [0, 0.1) is 5.82 Å². The molecule has 0 bridgehead atoms. The molecule has 1 amide bonds. The van der Waals surface area contributed by atoms with Crippen LogP contribution in [0.3, 0.4) is 0 Å². The maximum atomic E-state index is 14.5. The van der Waals surface area contributed by atoms with Crippen LogP contribution in [0.4, 0.5) is 4.39 Å². The summed E-state index contributed by atoms with van der Waals surface area (Å²) in [6.07, 6.45) is 3.32. The lowest BCUT2D eigenvalue weighted by Gasteiger charge is -2.41. The molecule has 8 heteroatoms.